The van der Waals surface area contributed by atoms with Gasteiger partial charge in [0.2, 0.25) is 5.91 Å². The van der Waals surface area contributed by atoms with Crippen LogP contribution in [0.2, 0.25) is 0 Å². The van der Waals surface area contributed by atoms with Crippen LogP contribution in [0, 0.1) is 5.92 Å². The van der Waals surface area contributed by atoms with Crippen LogP contribution in [0.5, 0.6) is 0 Å². The van der Waals surface area contributed by atoms with Crippen LogP contribution in [0.3, 0.4) is 0 Å². The second kappa shape index (κ2) is 5.80. The number of nitrogens with one attached hydrogen (secondary N) is 1. The van der Waals surface area contributed by atoms with E-state index in [1.807, 2.05) is 11.8 Å². The quantitative estimate of drug-likeness (QED) is 0.830. The average Bonchev–Trinajstić information content (AvgIpc) is 2.90. The number of rotatable bonds is 5. The first-order valence-corrected chi connectivity index (χ1v) is 7.70. The van der Waals surface area contributed by atoms with Gasteiger partial charge in [-0.15, -0.1) is 0 Å². The van der Waals surface area contributed by atoms with Crippen LogP contribution in [0.1, 0.15) is 53.4 Å². The van der Waals surface area contributed by atoms with Gasteiger partial charge >= 0.3 is 0 Å². The van der Waals surface area contributed by atoms with Gasteiger partial charge in [-0.3, -0.25) is 10.1 Å². The summed E-state index contributed by atoms with van der Waals surface area (Å²) >= 11 is 0. The molecule has 4 nitrogen and oxygen atoms in total. The van der Waals surface area contributed by atoms with Crippen LogP contribution < -0.4 is 5.32 Å². The molecule has 110 valence electrons. The van der Waals surface area contributed by atoms with E-state index in [4.69, 9.17) is 4.74 Å². The average molecular weight is 268 g/mol. The summed E-state index contributed by atoms with van der Waals surface area (Å²) in [6.07, 6.45) is 4.44. The first-order valence-electron chi connectivity index (χ1n) is 7.70. The topological polar surface area (TPSA) is 41.6 Å². The van der Waals surface area contributed by atoms with Gasteiger partial charge in [-0.05, 0) is 32.6 Å². The molecule has 0 aromatic rings. The third kappa shape index (κ3) is 2.65. The molecular formula is C15H28N2O2. The molecule has 1 N–H and O–H groups in total. The molecule has 2 unspecified atom stereocenters. The molecule has 2 rings (SSSR count). The standard InChI is InChI=1S/C15H28N2O2/c1-5-19-10-13(11(2)3)17-12(4)16-15(14(17)18)8-6-7-9-15/h11-13,16H,5-10H2,1-4H3. The number of ether oxygens (including phenoxy) is 1. The molecule has 1 saturated heterocycles. The lowest BCUT2D eigenvalue weighted by atomic mass is 9.96. The van der Waals surface area contributed by atoms with Crippen molar-refractivity contribution in [2.75, 3.05) is 13.2 Å². The molecule has 1 heterocycles. The molecule has 0 bridgehead atoms. The van der Waals surface area contributed by atoms with E-state index in [2.05, 4.69) is 26.1 Å². The van der Waals surface area contributed by atoms with Crippen LogP contribution in [-0.4, -0.2) is 41.8 Å². The molecule has 1 aliphatic carbocycles. The van der Waals surface area contributed by atoms with Gasteiger partial charge in [0.15, 0.2) is 0 Å². The zero-order valence-corrected chi connectivity index (χ0v) is 12.7. The summed E-state index contributed by atoms with van der Waals surface area (Å²) in [6, 6.07) is 0.176. The zero-order chi connectivity index (χ0) is 14.0. The van der Waals surface area contributed by atoms with Gasteiger partial charge in [-0.1, -0.05) is 26.7 Å². The fraction of sp³-hybridized carbons (Fsp3) is 0.933. The van der Waals surface area contributed by atoms with Gasteiger partial charge < -0.3 is 9.64 Å². The van der Waals surface area contributed by atoms with Crippen molar-refractivity contribution in [1.29, 1.82) is 0 Å². The van der Waals surface area contributed by atoms with Crippen LogP contribution in [0.25, 0.3) is 0 Å². The summed E-state index contributed by atoms with van der Waals surface area (Å²) in [4.78, 5) is 14.9. The molecule has 19 heavy (non-hydrogen) atoms. The lowest BCUT2D eigenvalue weighted by Gasteiger charge is -2.34. The Morgan fingerprint density at radius 1 is 1.42 bits per heavy atom. The zero-order valence-electron chi connectivity index (χ0n) is 12.7. The maximum atomic E-state index is 12.9. The van der Waals surface area contributed by atoms with Gasteiger partial charge in [-0.2, -0.15) is 0 Å². The third-order valence-corrected chi connectivity index (χ3v) is 4.62. The Morgan fingerprint density at radius 2 is 2.05 bits per heavy atom. The molecule has 2 aliphatic rings. The van der Waals surface area contributed by atoms with Crippen molar-refractivity contribution in [1.82, 2.24) is 10.2 Å². The summed E-state index contributed by atoms with van der Waals surface area (Å²) in [5, 5.41) is 3.56. The highest BCUT2D eigenvalue weighted by molar-refractivity contribution is 5.89. The molecule has 4 heteroatoms. The lowest BCUT2D eigenvalue weighted by Crippen LogP contribution is -2.49. The van der Waals surface area contributed by atoms with E-state index in [0.717, 1.165) is 25.7 Å². The van der Waals surface area contributed by atoms with Gasteiger partial charge in [0.05, 0.1) is 24.4 Å². The number of hydrogen-bond donors (Lipinski definition) is 1. The van der Waals surface area contributed by atoms with Gasteiger partial charge in [0.1, 0.15) is 0 Å². The largest absolute Gasteiger partial charge is 0.380 e. The molecule has 0 radical (unpaired) electrons. The van der Waals surface area contributed by atoms with E-state index in [1.54, 1.807) is 0 Å². The van der Waals surface area contributed by atoms with Crippen molar-refractivity contribution in [3.8, 4) is 0 Å². The molecule has 1 spiro atoms. The van der Waals surface area contributed by atoms with Crippen molar-refractivity contribution in [3.63, 3.8) is 0 Å². The Labute approximate surface area is 116 Å². The van der Waals surface area contributed by atoms with Crippen LogP contribution in [0.4, 0.5) is 0 Å². The van der Waals surface area contributed by atoms with Gasteiger partial charge in [0.25, 0.3) is 0 Å². The Bertz CT molecular complexity index is 324. The first kappa shape index (κ1) is 14.8. The summed E-state index contributed by atoms with van der Waals surface area (Å²) in [5.74, 6) is 0.715. The first-order chi connectivity index (χ1) is 9.02. The summed E-state index contributed by atoms with van der Waals surface area (Å²) < 4.78 is 5.60. The number of carbonyl (C=O) groups excluding carboxylic acids is 1. The van der Waals surface area contributed by atoms with E-state index >= 15 is 0 Å². The van der Waals surface area contributed by atoms with Crippen molar-refractivity contribution in [2.24, 2.45) is 5.92 Å². The maximum Gasteiger partial charge on any atom is 0.244 e. The van der Waals surface area contributed by atoms with Crippen molar-refractivity contribution < 1.29 is 9.53 Å². The molecule has 2 atom stereocenters. The normalized spacial score (nSPS) is 27.7. The highest BCUT2D eigenvalue weighted by Crippen LogP contribution is 2.37. The molecular weight excluding hydrogens is 240 g/mol. The van der Waals surface area contributed by atoms with Gasteiger partial charge in [0, 0.05) is 6.61 Å². The second-order valence-electron chi connectivity index (χ2n) is 6.29. The number of amides is 1. The molecule has 0 aromatic heterocycles. The van der Waals surface area contributed by atoms with Crippen LogP contribution >= 0.6 is 0 Å². The molecule has 1 saturated carbocycles. The minimum Gasteiger partial charge on any atom is -0.380 e. The Morgan fingerprint density at radius 3 is 2.58 bits per heavy atom. The van der Waals surface area contributed by atoms with Crippen molar-refractivity contribution in [3.05, 3.63) is 0 Å². The highest BCUT2D eigenvalue weighted by atomic mass is 16.5. The molecule has 0 aromatic carbocycles. The second-order valence-corrected chi connectivity index (χ2v) is 6.29. The molecule has 1 aliphatic heterocycles. The van der Waals surface area contributed by atoms with E-state index < -0.39 is 0 Å². The van der Waals surface area contributed by atoms with Crippen LogP contribution in [0.15, 0.2) is 0 Å². The fourth-order valence-electron chi connectivity index (χ4n) is 3.56. The monoisotopic (exact) mass is 268 g/mol. The minimum atomic E-state index is -0.265. The minimum absolute atomic E-state index is 0.124. The van der Waals surface area contributed by atoms with E-state index in [-0.39, 0.29) is 17.7 Å². The van der Waals surface area contributed by atoms with E-state index in [0.29, 0.717) is 25.0 Å². The van der Waals surface area contributed by atoms with E-state index in [9.17, 15) is 4.79 Å². The maximum absolute atomic E-state index is 12.9. The summed E-state index contributed by atoms with van der Waals surface area (Å²) in [7, 11) is 0. The lowest BCUT2D eigenvalue weighted by molar-refractivity contribution is -0.137. The fourth-order valence-corrected chi connectivity index (χ4v) is 3.56. The van der Waals surface area contributed by atoms with Gasteiger partial charge in [-0.25, -0.2) is 0 Å². The van der Waals surface area contributed by atoms with Crippen molar-refractivity contribution >= 4 is 5.91 Å². The number of nitrogens with zero attached hydrogens (tertiary/aromatic N) is 1. The Hall–Kier alpha value is -0.610. The SMILES string of the molecule is CCOCC(C(C)C)N1C(=O)C2(CCCC2)NC1C. The van der Waals surface area contributed by atoms with Crippen molar-refractivity contribution in [2.45, 2.75) is 71.1 Å². The summed E-state index contributed by atoms with van der Waals surface area (Å²) in [5.41, 5.74) is -0.265. The highest BCUT2D eigenvalue weighted by Gasteiger charge is 2.52. The third-order valence-electron chi connectivity index (χ3n) is 4.62. The predicted octanol–water partition coefficient (Wildman–Crippen LogP) is 2.14. The van der Waals surface area contributed by atoms with E-state index in [1.165, 1.54) is 0 Å². The molecule has 1 amide bonds. The molecule has 2 fully saturated rings. The number of hydrogen-bond acceptors (Lipinski definition) is 3. The Balaban J connectivity index is 2.15. The number of carbonyl (C=O) groups is 1. The smallest absolute Gasteiger partial charge is 0.244 e. The van der Waals surface area contributed by atoms with Crippen LogP contribution in [-0.2, 0) is 9.53 Å². The summed E-state index contributed by atoms with van der Waals surface area (Å²) in [6.45, 7) is 9.79. The predicted molar refractivity (Wildman–Crippen MR) is 75.8 cm³/mol. The Kier molecular flexibility index (Phi) is 4.51.